The van der Waals surface area contributed by atoms with Gasteiger partial charge in [-0.3, -0.25) is 14.6 Å². The lowest BCUT2D eigenvalue weighted by Gasteiger charge is -2.11. The fraction of sp³-hybridized carbons (Fsp3) is 0.261. The number of aromatic nitrogens is 1. The Kier molecular flexibility index (Phi) is 9.46. The van der Waals surface area contributed by atoms with Crippen LogP contribution in [0.15, 0.2) is 54.7 Å². The minimum atomic E-state index is -4.21. The van der Waals surface area contributed by atoms with Gasteiger partial charge in [0.2, 0.25) is 11.8 Å². The van der Waals surface area contributed by atoms with Gasteiger partial charge < -0.3 is 22.1 Å². The lowest BCUT2D eigenvalue weighted by atomic mass is 10.1. The van der Waals surface area contributed by atoms with E-state index < -0.39 is 29.6 Å². The van der Waals surface area contributed by atoms with Gasteiger partial charge in [-0.05, 0) is 56.3 Å². The summed E-state index contributed by atoms with van der Waals surface area (Å²) < 4.78 is 49.0. The van der Waals surface area contributed by atoms with E-state index in [2.05, 4.69) is 15.6 Å². The molecule has 2 aromatic carbocycles. The van der Waals surface area contributed by atoms with Gasteiger partial charge in [0, 0.05) is 5.39 Å². The Morgan fingerprint density at radius 1 is 1.09 bits per heavy atom. The van der Waals surface area contributed by atoms with E-state index in [0.717, 1.165) is 17.7 Å². The molecule has 0 fully saturated rings. The predicted molar refractivity (Wildman–Crippen MR) is 121 cm³/mol. The maximum atomic E-state index is 13.2. The average Bonchev–Trinajstić information content (AvgIpc) is 2.77. The number of rotatable bonds is 6. The minimum absolute atomic E-state index is 0.224. The van der Waals surface area contributed by atoms with E-state index in [1.165, 1.54) is 30.5 Å². The molecule has 11 heteroatoms. The van der Waals surface area contributed by atoms with Crippen LogP contribution in [0.25, 0.3) is 10.9 Å². The zero-order valence-electron chi connectivity index (χ0n) is 18.3. The molecule has 0 unspecified atom stereocenters. The first-order valence-corrected chi connectivity index (χ1v) is 10.2. The number of hydrogen-bond donors (Lipinski definition) is 4. The predicted octanol–water partition coefficient (Wildman–Crippen LogP) is 3.12. The fourth-order valence-electron chi connectivity index (χ4n) is 2.73. The minimum Gasteiger partial charge on any atom is -0.346 e. The van der Waals surface area contributed by atoms with E-state index in [9.17, 15) is 27.2 Å². The molecule has 1 heterocycles. The summed E-state index contributed by atoms with van der Waals surface area (Å²) in [6.07, 6.45) is -2.42. The molecule has 1 aromatic heterocycles. The van der Waals surface area contributed by atoms with Crippen molar-refractivity contribution in [3.63, 3.8) is 0 Å². The van der Waals surface area contributed by atoms with Gasteiger partial charge in [0.1, 0.15) is 5.82 Å². The largest absolute Gasteiger partial charge is 0.416 e. The molecule has 0 spiro atoms. The summed E-state index contributed by atoms with van der Waals surface area (Å²) in [4.78, 5) is 27.5. The first kappa shape index (κ1) is 26.7. The zero-order chi connectivity index (χ0) is 25.3. The second kappa shape index (κ2) is 12.1. The number of benzene rings is 2. The molecule has 7 nitrogen and oxygen atoms in total. The van der Waals surface area contributed by atoms with Crippen LogP contribution in [0.2, 0.25) is 0 Å². The van der Waals surface area contributed by atoms with E-state index in [4.69, 9.17) is 11.5 Å². The molecule has 1 atom stereocenters. The van der Waals surface area contributed by atoms with Crippen molar-refractivity contribution >= 4 is 28.4 Å². The number of amides is 2. The van der Waals surface area contributed by atoms with Gasteiger partial charge in [0.05, 0.1) is 35.6 Å². The molecular weight excluding hydrogens is 454 g/mol. The van der Waals surface area contributed by atoms with E-state index in [1.807, 2.05) is 0 Å². The molecule has 182 valence electrons. The van der Waals surface area contributed by atoms with Crippen LogP contribution < -0.4 is 22.1 Å². The Morgan fingerprint density at radius 2 is 1.76 bits per heavy atom. The number of pyridine rings is 1. The number of alkyl halides is 3. The van der Waals surface area contributed by atoms with Crippen LogP contribution in [0.1, 0.15) is 17.5 Å². The number of halogens is 4. The Bertz CT molecular complexity index is 1120. The monoisotopic (exact) mass is 479 g/mol. The number of nitrogens with one attached hydrogen (secondary N) is 2. The summed E-state index contributed by atoms with van der Waals surface area (Å²) in [6.45, 7) is 1.82. The van der Waals surface area contributed by atoms with Crippen LogP contribution in [0.4, 0.5) is 23.2 Å². The van der Waals surface area contributed by atoms with Gasteiger partial charge in [-0.15, -0.1) is 0 Å². The molecule has 0 aliphatic heterocycles. The summed E-state index contributed by atoms with van der Waals surface area (Å²) >= 11 is 0. The van der Waals surface area contributed by atoms with Crippen LogP contribution >= 0.6 is 0 Å². The van der Waals surface area contributed by atoms with Gasteiger partial charge in [-0.1, -0.05) is 17.7 Å². The molecule has 0 aliphatic carbocycles. The Morgan fingerprint density at radius 3 is 2.38 bits per heavy atom. The lowest BCUT2D eigenvalue weighted by molar-refractivity contribution is -0.137. The SMILES string of the molecule is Cc1ccc(C(F)(F)F)cc1.NCC[C@H](N)C(=O)NCC(=O)Nc1cnc2ccc(F)cc2c1. The molecular formula is C23H25F4N5O2. The number of carbonyl (C=O) groups is 2. The third-order valence-corrected chi connectivity index (χ3v) is 4.54. The molecule has 0 bridgehead atoms. The second-order valence-corrected chi connectivity index (χ2v) is 7.37. The molecule has 34 heavy (non-hydrogen) atoms. The smallest absolute Gasteiger partial charge is 0.346 e. The highest BCUT2D eigenvalue weighted by atomic mass is 19.4. The topological polar surface area (TPSA) is 123 Å². The van der Waals surface area contributed by atoms with Gasteiger partial charge in [0.25, 0.3) is 0 Å². The average molecular weight is 479 g/mol. The van der Waals surface area contributed by atoms with Crippen molar-refractivity contribution in [2.75, 3.05) is 18.4 Å². The van der Waals surface area contributed by atoms with Crippen LogP contribution in [-0.4, -0.2) is 35.9 Å². The second-order valence-electron chi connectivity index (χ2n) is 7.37. The van der Waals surface area contributed by atoms with Crippen molar-refractivity contribution in [2.24, 2.45) is 11.5 Å². The van der Waals surface area contributed by atoms with Gasteiger partial charge in [0.15, 0.2) is 0 Å². The number of fused-ring (bicyclic) bond motifs is 1. The van der Waals surface area contributed by atoms with Crippen molar-refractivity contribution in [2.45, 2.75) is 25.6 Å². The highest BCUT2D eigenvalue weighted by Crippen LogP contribution is 2.28. The third kappa shape index (κ3) is 8.41. The molecule has 0 aliphatic rings. The zero-order valence-corrected chi connectivity index (χ0v) is 18.3. The van der Waals surface area contributed by atoms with Gasteiger partial charge in [-0.2, -0.15) is 13.2 Å². The number of hydrogen-bond acceptors (Lipinski definition) is 5. The Balaban J connectivity index is 0.000000310. The van der Waals surface area contributed by atoms with Crippen LogP contribution in [0, 0.1) is 12.7 Å². The van der Waals surface area contributed by atoms with Crippen LogP contribution in [-0.2, 0) is 15.8 Å². The van der Waals surface area contributed by atoms with Crippen LogP contribution in [0.5, 0.6) is 0 Å². The van der Waals surface area contributed by atoms with Crippen molar-refractivity contribution < 1.29 is 27.2 Å². The van der Waals surface area contributed by atoms with Crippen LogP contribution in [0.3, 0.4) is 0 Å². The molecule has 0 saturated carbocycles. The fourth-order valence-corrected chi connectivity index (χ4v) is 2.73. The summed E-state index contributed by atoms with van der Waals surface area (Å²) in [7, 11) is 0. The maximum absolute atomic E-state index is 13.2. The Labute approximate surface area is 193 Å². The summed E-state index contributed by atoms with van der Waals surface area (Å²) in [5.74, 6) is -1.26. The number of nitrogens with two attached hydrogens (primary N) is 2. The Hall–Kier alpha value is -3.57. The molecule has 3 aromatic rings. The van der Waals surface area contributed by atoms with Gasteiger partial charge in [-0.25, -0.2) is 4.39 Å². The summed E-state index contributed by atoms with van der Waals surface area (Å²) in [6, 6.07) is 10.1. The van der Waals surface area contributed by atoms with Crippen molar-refractivity contribution in [1.29, 1.82) is 0 Å². The van der Waals surface area contributed by atoms with Gasteiger partial charge >= 0.3 is 6.18 Å². The highest BCUT2D eigenvalue weighted by molar-refractivity contribution is 5.96. The molecule has 6 N–H and O–H groups in total. The van der Waals surface area contributed by atoms with E-state index in [-0.39, 0.29) is 12.4 Å². The van der Waals surface area contributed by atoms with Crippen molar-refractivity contribution in [1.82, 2.24) is 10.3 Å². The number of carbonyl (C=O) groups excluding carboxylic acids is 2. The summed E-state index contributed by atoms with van der Waals surface area (Å²) in [5.41, 5.74) is 12.1. The van der Waals surface area contributed by atoms with E-state index in [1.54, 1.807) is 19.1 Å². The molecule has 2 amide bonds. The van der Waals surface area contributed by atoms with E-state index >= 15 is 0 Å². The van der Waals surface area contributed by atoms with E-state index in [0.29, 0.717) is 29.6 Å². The lowest BCUT2D eigenvalue weighted by Crippen LogP contribution is -2.44. The first-order valence-electron chi connectivity index (χ1n) is 10.2. The standard InChI is InChI=1S/C15H18FN5O2.C8H7F3/c16-10-1-2-13-9(5-10)6-11(7-19-13)21-14(22)8-20-15(23)12(18)3-4-17;1-6-2-4-7(5-3-6)8(9,10)11/h1-2,5-7,12H,3-4,8,17-18H2,(H,20,23)(H,21,22);2-5H,1H3/t12-;/m0./s1. The molecule has 0 saturated heterocycles. The first-order chi connectivity index (χ1) is 16.0. The summed E-state index contributed by atoms with van der Waals surface area (Å²) in [5, 5.41) is 5.56. The normalized spacial score (nSPS) is 11.9. The van der Waals surface area contributed by atoms with Crippen molar-refractivity contribution in [3.8, 4) is 0 Å². The van der Waals surface area contributed by atoms with Crippen molar-refractivity contribution in [3.05, 3.63) is 71.7 Å². The maximum Gasteiger partial charge on any atom is 0.416 e. The highest BCUT2D eigenvalue weighted by Gasteiger charge is 2.29. The number of aryl methyl sites for hydroxylation is 1. The molecule has 3 rings (SSSR count). The number of anilines is 1. The molecule has 0 radical (unpaired) electrons. The quantitative estimate of drug-likeness (QED) is 0.405. The third-order valence-electron chi connectivity index (χ3n) is 4.54. The number of nitrogens with zero attached hydrogens (tertiary/aromatic N) is 1.